The quantitative estimate of drug-likeness (QED) is 0.909. The molecule has 0 bridgehead atoms. The van der Waals surface area contributed by atoms with Crippen molar-refractivity contribution in [3.05, 3.63) is 35.5 Å². The van der Waals surface area contributed by atoms with Gasteiger partial charge in [-0.05, 0) is 25.0 Å². The van der Waals surface area contributed by atoms with Gasteiger partial charge in [0.05, 0.1) is 0 Å². The van der Waals surface area contributed by atoms with Crippen LogP contribution in [0.3, 0.4) is 0 Å². The predicted octanol–water partition coefficient (Wildman–Crippen LogP) is 2.41. The van der Waals surface area contributed by atoms with Gasteiger partial charge in [-0.3, -0.25) is 4.79 Å². The Balaban J connectivity index is 1.79. The number of benzene rings is 1. The molecule has 6 nitrogen and oxygen atoms in total. The lowest BCUT2D eigenvalue weighted by atomic mass is 9.95. The number of aromatic amines is 1. The number of carbonyl (C=O) groups is 1. The Morgan fingerprint density at radius 1 is 1.27 bits per heavy atom. The van der Waals surface area contributed by atoms with Gasteiger partial charge in [-0.2, -0.15) is 15.6 Å². The zero-order chi connectivity index (χ0) is 15.4. The third-order valence-corrected chi connectivity index (χ3v) is 3.99. The van der Waals surface area contributed by atoms with Crippen LogP contribution in [-0.2, 0) is 0 Å². The van der Waals surface area contributed by atoms with Crippen molar-refractivity contribution in [2.45, 2.75) is 38.1 Å². The molecule has 0 spiro atoms. The van der Waals surface area contributed by atoms with Gasteiger partial charge in [-0.1, -0.05) is 31.4 Å². The molecular weight excluding hydrogens is 278 g/mol. The Morgan fingerprint density at radius 2 is 2.09 bits per heavy atom. The molecule has 1 fully saturated rings. The third kappa shape index (κ3) is 2.98. The maximum Gasteiger partial charge on any atom is 0.251 e. The Hall–Kier alpha value is -2.68. The Kier molecular flexibility index (Phi) is 4.15. The van der Waals surface area contributed by atoms with Crippen molar-refractivity contribution < 1.29 is 4.79 Å². The molecule has 6 heteroatoms. The fraction of sp³-hybridized carbons (Fsp3) is 0.375. The normalized spacial score (nSPS) is 15.2. The van der Waals surface area contributed by atoms with Crippen LogP contribution in [0.5, 0.6) is 0 Å². The summed E-state index contributed by atoms with van der Waals surface area (Å²) in [5.41, 5.74) is 1.98. The highest BCUT2D eigenvalue weighted by atomic mass is 16.1. The highest BCUT2D eigenvalue weighted by Crippen LogP contribution is 2.21. The second-order valence-electron chi connectivity index (χ2n) is 5.52. The maximum absolute atomic E-state index is 12.4. The van der Waals surface area contributed by atoms with Crippen molar-refractivity contribution in [3.63, 3.8) is 0 Å². The molecule has 1 aliphatic rings. The number of rotatable bonds is 3. The highest BCUT2D eigenvalue weighted by Gasteiger charge is 2.17. The monoisotopic (exact) mass is 295 g/mol. The minimum Gasteiger partial charge on any atom is -0.349 e. The van der Waals surface area contributed by atoms with Crippen LogP contribution in [0.25, 0.3) is 11.3 Å². The topological polar surface area (TPSA) is 94.5 Å². The number of hydrogen-bond donors (Lipinski definition) is 2. The van der Waals surface area contributed by atoms with Crippen molar-refractivity contribution >= 4 is 5.91 Å². The molecule has 1 aliphatic carbocycles. The van der Waals surface area contributed by atoms with E-state index in [1.54, 1.807) is 18.2 Å². The second-order valence-corrected chi connectivity index (χ2v) is 5.52. The summed E-state index contributed by atoms with van der Waals surface area (Å²) in [5, 5.41) is 22.3. The Bertz CT molecular complexity index is 709. The van der Waals surface area contributed by atoms with Crippen molar-refractivity contribution in [1.29, 1.82) is 5.26 Å². The zero-order valence-corrected chi connectivity index (χ0v) is 12.2. The van der Waals surface area contributed by atoms with E-state index in [9.17, 15) is 4.79 Å². The molecule has 0 atom stereocenters. The van der Waals surface area contributed by atoms with Crippen LogP contribution in [0.2, 0.25) is 0 Å². The van der Waals surface area contributed by atoms with E-state index in [0.717, 1.165) is 12.8 Å². The van der Waals surface area contributed by atoms with Crippen molar-refractivity contribution in [2.75, 3.05) is 0 Å². The number of aromatic nitrogens is 3. The minimum absolute atomic E-state index is 0.0734. The van der Waals surface area contributed by atoms with E-state index >= 15 is 0 Å². The smallest absolute Gasteiger partial charge is 0.251 e. The Labute approximate surface area is 128 Å². The predicted molar refractivity (Wildman–Crippen MR) is 80.9 cm³/mol. The summed E-state index contributed by atoms with van der Waals surface area (Å²) >= 11 is 0. The molecule has 1 aromatic heterocycles. The maximum atomic E-state index is 12.4. The van der Waals surface area contributed by atoms with Crippen molar-refractivity contribution in [1.82, 2.24) is 20.7 Å². The number of nitriles is 1. The van der Waals surface area contributed by atoms with E-state index in [4.69, 9.17) is 5.26 Å². The van der Waals surface area contributed by atoms with Gasteiger partial charge >= 0.3 is 0 Å². The third-order valence-electron chi connectivity index (χ3n) is 3.99. The number of nitrogens with zero attached hydrogens (tertiary/aromatic N) is 3. The SMILES string of the molecule is N#Cc1n[nH]nc1-c1cccc(C(=O)NC2CCCCC2)c1. The number of nitrogens with one attached hydrogen (secondary N) is 2. The molecule has 1 aromatic carbocycles. The molecular formula is C16H17N5O. The van der Waals surface area contributed by atoms with E-state index in [1.165, 1.54) is 19.3 Å². The molecule has 0 radical (unpaired) electrons. The molecule has 1 amide bonds. The fourth-order valence-electron chi connectivity index (χ4n) is 2.83. The summed E-state index contributed by atoms with van der Waals surface area (Å²) in [6.45, 7) is 0. The van der Waals surface area contributed by atoms with Crippen LogP contribution in [0, 0.1) is 11.3 Å². The lowest BCUT2D eigenvalue weighted by Crippen LogP contribution is -2.36. The lowest BCUT2D eigenvalue weighted by Gasteiger charge is -2.22. The first kappa shape index (κ1) is 14.3. The molecule has 22 heavy (non-hydrogen) atoms. The molecule has 0 saturated heterocycles. The number of H-pyrrole nitrogens is 1. The summed E-state index contributed by atoms with van der Waals surface area (Å²) in [7, 11) is 0. The van der Waals surface area contributed by atoms with Gasteiger partial charge < -0.3 is 5.32 Å². The molecule has 112 valence electrons. The van der Waals surface area contributed by atoms with Crippen LogP contribution in [0.15, 0.2) is 24.3 Å². The average molecular weight is 295 g/mol. The van der Waals surface area contributed by atoms with Gasteiger partial charge in [-0.25, -0.2) is 0 Å². The van der Waals surface area contributed by atoms with Crippen LogP contribution in [0.1, 0.15) is 48.2 Å². The van der Waals surface area contributed by atoms with E-state index in [1.807, 2.05) is 12.1 Å². The first-order valence-electron chi connectivity index (χ1n) is 7.50. The lowest BCUT2D eigenvalue weighted by molar-refractivity contribution is 0.0928. The highest BCUT2D eigenvalue weighted by molar-refractivity contribution is 5.95. The van der Waals surface area contributed by atoms with Gasteiger partial charge in [0, 0.05) is 17.2 Å². The van der Waals surface area contributed by atoms with Crippen LogP contribution in [-0.4, -0.2) is 27.4 Å². The van der Waals surface area contributed by atoms with Gasteiger partial charge in [0.2, 0.25) is 0 Å². The van der Waals surface area contributed by atoms with Crippen molar-refractivity contribution in [2.24, 2.45) is 0 Å². The van der Waals surface area contributed by atoms with Gasteiger partial charge in [0.15, 0.2) is 5.69 Å². The standard InChI is InChI=1S/C16H17N5O/c17-10-14-15(20-21-19-14)11-5-4-6-12(9-11)16(22)18-13-7-2-1-3-8-13/h4-6,9,13H,1-3,7-8H2,(H,18,22)(H,19,20,21). The van der Waals surface area contributed by atoms with E-state index in [2.05, 4.69) is 20.7 Å². The van der Waals surface area contributed by atoms with E-state index < -0.39 is 0 Å². The molecule has 1 saturated carbocycles. The summed E-state index contributed by atoms with van der Waals surface area (Å²) in [5.74, 6) is -0.0734. The summed E-state index contributed by atoms with van der Waals surface area (Å²) < 4.78 is 0. The minimum atomic E-state index is -0.0734. The number of amides is 1. The van der Waals surface area contributed by atoms with Crippen LogP contribution in [0.4, 0.5) is 0 Å². The first-order chi connectivity index (χ1) is 10.8. The summed E-state index contributed by atoms with van der Waals surface area (Å²) in [6.07, 6.45) is 5.70. The largest absolute Gasteiger partial charge is 0.349 e. The molecule has 3 rings (SSSR count). The summed E-state index contributed by atoms with van der Waals surface area (Å²) in [6, 6.07) is 9.38. The summed E-state index contributed by atoms with van der Waals surface area (Å²) in [4.78, 5) is 12.4. The number of hydrogen-bond acceptors (Lipinski definition) is 4. The van der Waals surface area contributed by atoms with Gasteiger partial charge in [0.1, 0.15) is 11.8 Å². The van der Waals surface area contributed by atoms with Gasteiger partial charge in [-0.15, -0.1) is 5.10 Å². The number of carbonyl (C=O) groups excluding carboxylic acids is 1. The Morgan fingerprint density at radius 3 is 2.86 bits per heavy atom. The molecule has 2 N–H and O–H groups in total. The van der Waals surface area contributed by atoms with Gasteiger partial charge in [0.25, 0.3) is 5.91 Å². The van der Waals surface area contributed by atoms with Crippen LogP contribution < -0.4 is 5.32 Å². The molecule has 0 unspecified atom stereocenters. The second kappa shape index (κ2) is 6.39. The average Bonchev–Trinajstić information content (AvgIpc) is 3.04. The molecule has 2 aromatic rings. The van der Waals surface area contributed by atoms with E-state index in [0.29, 0.717) is 16.8 Å². The van der Waals surface area contributed by atoms with E-state index in [-0.39, 0.29) is 17.6 Å². The molecule has 0 aliphatic heterocycles. The van der Waals surface area contributed by atoms with Crippen LogP contribution >= 0.6 is 0 Å². The zero-order valence-electron chi connectivity index (χ0n) is 12.2. The first-order valence-corrected chi connectivity index (χ1v) is 7.50. The fourth-order valence-corrected chi connectivity index (χ4v) is 2.83. The van der Waals surface area contributed by atoms with Crippen molar-refractivity contribution in [3.8, 4) is 17.3 Å². The molecule has 1 heterocycles.